The number of para-hydroxylation sites is 1. The Morgan fingerprint density at radius 2 is 2.17 bits per heavy atom. The molecule has 0 aliphatic carbocycles. The van der Waals surface area contributed by atoms with Crippen LogP contribution in [-0.2, 0) is 4.79 Å². The lowest BCUT2D eigenvalue weighted by Crippen LogP contribution is -2.27. The molecule has 3 heteroatoms. The van der Waals surface area contributed by atoms with Gasteiger partial charge in [-0.25, -0.2) is 9.98 Å². The Hall–Kier alpha value is -1.77. The summed E-state index contributed by atoms with van der Waals surface area (Å²) in [6.45, 7) is 3.75. The maximum atomic E-state index is 10.8. The van der Waals surface area contributed by atoms with E-state index < -0.39 is 0 Å². The van der Waals surface area contributed by atoms with Crippen LogP contribution in [-0.4, -0.2) is 12.1 Å². The van der Waals surface area contributed by atoms with Crippen LogP contribution in [0.2, 0.25) is 0 Å². The van der Waals surface area contributed by atoms with Gasteiger partial charge in [0.05, 0.1) is 17.3 Å². The van der Waals surface area contributed by atoms with Gasteiger partial charge < -0.3 is 0 Å². The van der Waals surface area contributed by atoms with Crippen molar-refractivity contribution in [2.45, 2.75) is 0 Å². The predicted molar refractivity (Wildman–Crippen MR) is 45.9 cm³/mol. The molecule has 0 aromatic heterocycles. The standard InChI is InChI=1S/C9H6N2O/c1-6-3-2-4-7-9(6)11-8(12)5-10-7/h2-5H,1H2. The van der Waals surface area contributed by atoms with Gasteiger partial charge in [-0.3, -0.25) is 4.79 Å². The average Bonchev–Trinajstić information content (AvgIpc) is 2.07. The third-order valence-electron chi connectivity index (χ3n) is 1.63. The third kappa shape index (κ3) is 0.955. The smallest absolute Gasteiger partial charge is 0.266 e. The average molecular weight is 158 g/mol. The fraction of sp³-hybridized carbons (Fsp3) is 0. The van der Waals surface area contributed by atoms with Gasteiger partial charge in [-0.1, -0.05) is 18.7 Å². The maximum absolute atomic E-state index is 10.8. The lowest BCUT2D eigenvalue weighted by atomic mass is 10.2. The van der Waals surface area contributed by atoms with Gasteiger partial charge in [-0.2, -0.15) is 0 Å². The number of fused-ring (bicyclic) bond motifs is 1. The summed E-state index contributed by atoms with van der Waals surface area (Å²) in [6.07, 6.45) is 1.21. The summed E-state index contributed by atoms with van der Waals surface area (Å²) < 4.78 is 0. The van der Waals surface area contributed by atoms with Crippen molar-refractivity contribution < 1.29 is 4.79 Å². The van der Waals surface area contributed by atoms with E-state index in [0.717, 1.165) is 5.22 Å². The Bertz CT molecular complexity index is 474. The number of carbonyl (C=O) groups is 1. The summed E-state index contributed by atoms with van der Waals surface area (Å²) in [4.78, 5) is 18.6. The quantitative estimate of drug-likeness (QED) is 0.522. The van der Waals surface area contributed by atoms with Gasteiger partial charge in [-0.05, 0) is 11.3 Å². The third-order valence-corrected chi connectivity index (χ3v) is 1.63. The van der Waals surface area contributed by atoms with Gasteiger partial charge in [0.1, 0.15) is 0 Å². The van der Waals surface area contributed by atoms with Gasteiger partial charge in [0, 0.05) is 0 Å². The first-order chi connectivity index (χ1) is 5.77. The van der Waals surface area contributed by atoms with Gasteiger partial charge in [0.2, 0.25) is 0 Å². The molecule has 2 rings (SSSR count). The van der Waals surface area contributed by atoms with Gasteiger partial charge in [-0.15, -0.1) is 0 Å². The Morgan fingerprint density at radius 3 is 3.00 bits per heavy atom. The second-order valence-corrected chi connectivity index (χ2v) is 2.49. The molecule has 1 aromatic rings. The Morgan fingerprint density at radius 1 is 1.33 bits per heavy atom. The highest BCUT2D eigenvalue weighted by Crippen LogP contribution is 2.02. The molecule has 1 aromatic carbocycles. The largest absolute Gasteiger partial charge is 0.288 e. The fourth-order valence-electron chi connectivity index (χ4n) is 1.07. The predicted octanol–water partition coefficient (Wildman–Crippen LogP) is -0.0410. The molecule has 0 fully saturated rings. The van der Waals surface area contributed by atoms with Crippen molar-refractivity contribution in [1.82, 2.24) is 0 Å². The van der Waals surface area contributed by atoms with Crippen LogP contribution in [0, 0.1) is 0 Å². The number of carbonyl (C=O) groups excluding carboxylic acids is 1. The molecule has 1 aliphatic heterocycles. The molecular formula is C9H6N2O. The zero-order valence-corrected chi connectivity index (χ0v) is 6.32. The summed E-state index contributed by atoms with van der Waals surface area (Å²) in [7, 11) is 0. The van der Waals surface area contributed by atoms with Crippen LogP contribution in [0.4, 0.5) is 5.69 Å². The molecule has 1 aliphatic rings. The SMILES string of the molecule is C=c1cccc2c1=NC(=O)C=N2. The van der Waals surface area contributed by atoms with E-state index in [2.05, 4.69) is 16.6 Å². The summed E-state index contributed by atoms with van der Waals surface area (Å²) in [5, 5.41) is 1.32. The van der Waals surface area contributed by atoms with Crippen LogP contribution in [0.3, 0.4) is 0 Å². The Kier molecular flexibility index (Phi) is 1.37. The normalized spacial score (nSPS) is 13.8. The van der Waals surface area contributed by atoms with Crippen molar-refractivity contribution >= 4 is 24.4 Å². The molecule has 12 heavy (non-hydrogen) atoms. The lowest BCUT2D eigenvalue weighted by Gasteiger charge is -1.98. The summed E-state index contributed by atoms with van der Waals surface area (Å²) in [5.41, 5.74) is 0.710. The van der Waals surface area contributed by atoms with E-state index in [1.54, 1.807) is 12.1 Å². The van der Waals surface area contributed by atoms with E-state index in [4.69, 9.17) is 0 Å². The number of rotatable bonds is 0. The molecule has 0 spiro atoms. The van der Waals surface area contributed by atoms with Crippen LogP contribution < -0.4 is 10.6 Å². The Labute approximate surface area is 68.8 Å². The minimum absolute atomic E-state index is 0.321. The Balaban J connectivity index is 2.91. The van der Waals surface area contributed by atoms with Crippen LogP contribution in [0.25, 0.3) is 6.58 Å². The second-order valence-electron chi connectivity index (χ2n) is 2.49. The zero-order chi connectivity index (χ0) is 8.55. The zero-order valence-electron chi connectivity index (χ0n) is 6.32. The van der Waals surface area contributed by atoms with Crippen molar-refractivity contribution in [1.29, 1.82) is 0 Å². The van der Waals surface area contributed by atoms with Crippen LogP contribution in [0.1, 0.15) is 0 Å². The topological polar surface area (TPSA) is 41.8 Å². The highest BCUT2D eigenvalue weighted by Gasteiger charge is 2.03. The molecule has 1 heterocycles. The molecule has 58 valence electrons. The second kappa shape index (κ2) is 2.37. The van der Waals surface area contributed by atoms with Crippen molar-refractivity contribution in [2.75, 3.05) is 0 Å². The van der Waals surface area contributed by atoms with Crippen molar-refractivity contribution in [2.24, 2.45) is 9.98 Å². The lowest BCUT2D eigenvalue weighted by molar-refractivity contribution is -0.111. The molecule has 0 saturated carbocycles. The molecule has 0 N–H and O–H groups in total. The van der Waals surface area contributed by atoms with Crippen molar-refractivity contribution in [3.63, 3.8) is 0 Å². The number of amides is 1. The molecule has 1 amide bonds. The molecule has 3 nitrogen and oxygen atoms in total. The van der Waals surface area contributed by atoms with Crippen molar-refractivity contribution in [3.05, 3.63) is 28.8 Å². The molecule has 0 atom stereocenters. The molecule has 0 radical (unpaired) electrons. The van der Waals surface area contributed by atoms with E-state index in [0.29, 0.717) is 11.0 Å². The van der Waals surface area contributed by atoms with E-state index in [9.17, 15) is 4.79 Å². The van der Waals surface area contributed by atoms with Crippen LogP contribution >= 0.6 is 0 Å². The monoisotopic (exact) mass is 158 g/mol. The number of nitrogens with zero attached hydrogens (tertiary/aromatic N) is 2. The van der Waals surface area contributed by atoms with Crippen LogP contribution in [0.5, 0.6) is 0 Å². The minimum atomic E-state index is -0.321. The fourth-order valence-corrected chi connectivity index (χ4v) is 1.07. The number of hydrogen-bond donors (Lipinski definition) is 0. The molecular weight excluding hydrogens is 152 g/mol. The van der Waals surface area contributed by atoms with Crippen molar-refractivity contribution in [3.8, 4) is 0 Å². The summed E-state index contributed by atoms with van der Waals surface area (Å²) in [5.74, 6) is -0.321. The van der Waals surface area contributed by atoms with Gasteiger partial charge >= 0.3 is 0 Å². The first-order valence-electron chi connectivity index (χ1n) is 3.52. The highest BCUT2D eigenvalue weighted by atomic mass is 16.1. The molecule has 0 bridgehead atoms. The van der Waals surface area contributed by atoms with E-state index in [1.165, 1.54) is 6.21 Å². The molecule has 0 unspecified atom stereocenters. The minimum Gasteiger partial charge on any atom is -0.266 e. The summed E-state index contributed by atoms with van der Waals surface area (Å²) >= 11 is 0. The first-order valence-corrected chi connectivity index (χ1v) is 3.52. The van der Waals surface area contributed by atoms with E-state index in [-0.39, 0.29) is 5.91 Å². The molecule has 0 saturated heterocycles. The van der Waals surface area contributed by atoms with Crippen LogP contribution in [0.15, 0.2) is 28.2 Å². The van der Waals surface area contributed by atoms with E-state index >= 15 is 0 Å². The van der Waals surface area contributed by atoms with E-state index in [1.807, 2.05) is 6.07 Å². The highest BCUT2D eigenvalue weighted by molar-refractivity contribution is 6.27. The van der Waals surface area contributed by atoms with Gasteiger partial charge in [0.15, 0.2) is 0 Å². The first kappa shape index (κ1) is 6.91. The number of benzene rings is 1. The maximum Gasteiger partial charge on any atom is 0.288 e. The summed E-state index contributed by atoms with van der Waals surface area (Å²) in [6, 6.07) is 5.44. The van der Waals surface area contributed by atoms with Gasteiger partial charge in [0.25, 0.3) is 5.91 Å². The number of aliphatic imine (C=N–C) groups is 1. The number of hydrogen-bond acceptors (Lipinski definition) is 2.